The zero-order valence-corrected chi connectivity index (χ0v) is 25.6. The summed E-state index contributed by atoms with van der Waals surface area (Å²) in [5.74, 6) is -0.487. The fourth-order valence-corrected chi connectivity index (χ4v) is 5.30. The van der Waals surface area contributed by atoms with Crippen molar-refractivity contribution in [2.45, 2.75) is 149 Å². The van der Waals surface area contributed by atoms with Crippen LogP contribution < -0.4 is 0 Å². The quantitative estimate of drug-likeness (QED) is 0.0582. The summed E-state index contributed by atoms with van der Waals surface area (Å²) >= 11 is 0. The number of hydrogen-bond donors (Lipinski definition) is 0. The lowest BCUT2D eigenvalue weighted by molar-refractivity contribution is -0.188. The van der Waals surface area contributed by atoms with Gasteiger partial charge in [-0.05, 0) is 43.9 Å². The van der Waals surface area contributed by atoms with E-state index in [9.17, 15) is 14.4 Å². The minimum atomic E-state index is -1.44. The molecular formula is C33H58O6. The monoisotopic (exact) mass is 550 g/mol. The smallest absolute Gasteiger partial charge is 0.350 e. The van der Waals surface area contributed by atoms with Crippen molar-refractivity contribution in [3.05, 3.63) is 12.7 Å². The highest BCUT2D eigenvalue weighted by Crippen LogP contribution is 2.37. The third-order valence-corrected chi connectivity index (χ3v) is 7.71. The average molecular weight is 551 g/mol. The number of carbonyl (C=O) groups is 3. The molecule has 0 spiro atoms. The lowest BCUT2D eigenvalue weighted by Crippen LogP contribution is -2.49. The van der Waals surface area contributed by atoms with Crippen LogP contribution in [0.5, 0.6) is 0 Å². The van der Waals surface area contributed by atoms with E-state index in [1.54, 1.807) is 0 Å². The molecule has 6 nitrogen and oxygen atoms in total. The second-order valence-electron chi connectivity index (χ2n) is 12.3. The standard InChI is InChI=1S/C33H58O6/c1-6-30(34)39-33(32(36)38-25-18-14-10-8-12-16-21-28(4)5)23-19-22-29(26-33)31(35)37-24-17-13-9-7-11-15-20-27(2)3/h6,27-29H,1,7-26H2,2-5H3. The molecule has 0 aliphatic heterocycles. The highest BCUT2D eigenvalue weighted by atomic mass is 16.6. The lowest BCUT2D eigenvalue weighted by atomic mass is 9.77. The first-order valence-corrected chi connectivity index (χ1v) is 15.9. The fraction of sp³-hybridized carbons (Fsp3) is 0.848. The van der Waals surface area contributed by atoms with Crippen molar-refractivity contribution in [1.82, 2.24) is 0 Å². The van der Waals surface area contributed by atoms with Crippen LogP contribution in [0.2, 0.25) is 0 Å². The third-order valence-electron chi connectivity index (χ3n) is 7.71. The molecule has 0 amide bonds. The van der Waals surface area contributed by atoms with Gasteiger partial charge in [0.2, 0.25) is 5.60 Å². The van der Waals surface area contributed by atoms with Gasteiger partial charge in [0, 0.05) is 12.5 Å². The summed E-state index contributed by atoms with van der Waals surface area (Å²) in [5.41, 5.74) is -1.44. The van der Waals surface area contributed by atoms with Crippen molar-refractivity contribution in [2.75, 3.05) is 13.2 Å². The van der Waals surface area contributed by atoms with Crippen LogP contribution in [0.4, 0.5) is 0 Å². The maximum atomic E-state index is 13.1. The Labute approximate surface area is 239 Å². The van der Waals surface area contributed by atoms with Gasteiger partial charge in [-0.15, -0.1) is 0 Å². The highest BCUT2D eigenvalue weighted by molar-refractivity contribution is 5.88. The molecule has 1 aliphatic rings. The lowest BCUT2D eigenvalue weighted by Gasteiger charge is -2.37. The van der Waals surface area contributed by atoms with Crippen molar-refractivity contribution < 1.29 is 28.6 Å². The van der Waals surface area contributed by atoms with E-state index in [1.165, 1.54) is 51.4 Å². The van der Waals surface area contributed by atoms with Crippen molar-refractivity contribution in [1.29, 1.82) is 0 Å². The molecule has 0 bridgehead atoms. The molecule has 0 aromatic heterocycles. The van der Waals surface area contributed by atoms with Gasteiger partial charge in [0.15, 0.2) is 0 Å². The molecule has 1 fully saturated rings. The summed E-state index contributed by atoms with van der Waals surface area (Å²) in [4.78, 5) is 38.1. The van der Waals surface area contributed by atoms with Crippen LogP contribution in [0, 0.1) is 17.8 Å². The van der Waals surface area contributed by atoms with Crippen LogP contribution in [0.1, 0.15) is 143 Å². The second kappa shape index (κ2) is 21.0. The van der Waals surface area contributed by atoms with Gasteiger partial charge in [0.1, 0.15) is 0 Å². The first-order chi connectivity index (χ1) is 18.7. The molecule has 0 aromatic carbocycles. The highest BCUT2D eigenvalue weighted by Gasteiger charge is 2.49. The molecule has 6 heteroatoms. The third kappa shape index (κ3) is 16.1. The largest absolute Gasteiger partial charge is 0.465 e. The number of rotatable bonds is 22. The van der Waals surface area contributed by atoms with Crippen molar-refractivity contribution >= 4 is 17.9 Å². The molecule has 0 radical (unpaired) electrons. The Morgan fingerprint density at radius 1 is 0.769 bits per heavy atom. The number of carbonyl (C=O) groups excluding carboxylic acids is 3. The Bertz CT molecular complexity index is 700. The summed E-state index contributed by atoms with van der Waals surface area (Å²) < 4.78 is 16.7. The second-order valence-corrected chi connectivity index (χ2v) is 12.3. The Morgan fingerprint density at radius 3 is 1.77 bits per heavy atom. The van der Waals surface area contributed by atoms with E-state index in [2.05, 4.69) is 34.3 Å². The SMILES string of the molecule is C=CC(=O)OC1(C(=O)OCCCCCCCCC(C)C)CCCC(C(=O)OCCCCCCCCC(C)C)C1. The first-order valence-electron chi connectivity index (χ1n) is 15.9. The predicted molar refractivity (Wildman–Crippen MR) is 157 cm³/mol. The van der Waals surface area contributed by atoms with Gasteiger partial charge >= 0.3 is 17.9 Å². The molecular weight excluding hydrogens is 492 g/mol. The van der Waals surface area contributed by atoms with Crippen LogP contribution in [0.25, 0.3) is 0 Å². The van der Waals surface area contributed by atoms with Crippen LogP contribution in [-0.2, 0) is 28.6 Å². The normalized spacial score (nSPS) is 19.2. The number of ether oxygens (including phenoxy) is 3. The molecule has 1 rings (SSSR count). The molecule has 0 aromatic rings. The van der Waals surface area contributed by atoms with Crippen molar-refractivity contribution in [3.8, 4) is 0 Å². The first kappa shape index (κ1) is 35.2. The predicted octanol–water partition coefficient (Wildman–Crippen LogP) is 8.50. The molecule has 2 unspecified atom stereocenters. The van der Waals surface area contributed by atoms with Gasteiger partial charge in [-0.1, -0.05) is 111 Å². The number of hydrogen-bond acceptors (Lipinski definition) is 6. The fourth-order valence-electron chi connectivity index (χ4n) is 5.30. The van der Waals surface area contributed by atoms with Crippen LogP contribution in [0.3, 0.4) is 0 Å². The molecule has 2 atom stereocenters. The Hall–Kier alpha value is -1.85. The van der Waals surface area contributed by atoms with E-state index in [4.69, 9.17) is 14.2 Å². The Kier molecular flexibility index (Phi) is 18.9. The molecule has 39 heavy (non-hydrogen) atoms. The van der Waals surface area contributed by atoms with Gasteiger partial charge in [-0.3, -0.25) is 4.79 Å². The minimum Gasteiger partial charge on any atom is -0.465 e. The zero-order chi connectivity index (χ0) is 28.9. The summed E-state index contributed by atoms with van der Waals surface area (Å²) in [7, 11) is 0. The Morgan fingerprint density at radius 2 is 1.26 bits per heavy atom. The summed E-state index contributed by atoms with van der Waals surface area (Å²) in [6.45, 7) is 13.2. The van der Waals surface area contributed by atoms with E-state index < -0.39 is 23.5 Å². The molecule has 1 aliphatic carbocycles. The van der Waals surface area contributed by atoms with E-state index in [0.29, 0.717) is 32.5 Å². The van der Waals surface area contributed by atoms with Crippen LogP contribution in [0.15, 0.2) is 12.7 Å². The average Bonchev–Trinajstić information content (AvgIpc) is 2.90. The van der Waals surface area contributed by atoms with Crippen molar-refractivity contribution in [2.24, 2.45) is 17.8 Å². The van der Waals surface area contributed by atoms with E-state index >= 15 is 0 Å². The van der Waals surface area contributed by atoms with Gasteiger partial charge < -0.3 is 14.2 Å². The topological polar surface area (TPSA) is 78.9 Å². The van der Waals surface area contributed by atoms with Gasteiger partial charge in [0.25, 0.3) is 0 Å². The summed E-state index contributed by atoms with van der Waals surface area (Å²) in [6, 6.07) is 0. The van der Waals surface area contributed by atoms with E-state index in [1.807, 2.05) is 0 Å². The molecule has 0 saturated heterocycles. The number of esters is 3. The van der Waals surface area contributed by atoms with Gasteiger partial charge in [-0.25, -0.2) is 9.59 Å². The molecule has 0 heterocycles. The minimum absolute atomic E-state index is 0.107. The van der Waals surface area contributed by atoms with Gasteiger partial charge in [0.05, 0.1) is 19.1 Å². The Balaban J connectivity index is 2.42. The van der Waals surface area contributed by atoms with Crippen LogP contribution >= 0.6 is 0 Å². The van der Waals surface area contributed by atoms with Crippen LogP contribution in [-0.4, -0.2) is 36.7 Å². The zero-order valence-electron chi connectivity index (χ0n) is 25.6. The van der Waals surface area contributed by atoms with Crippen molar-refractivity contribution in [3.63, 3.8) is 0 Å². The molecule has 226 valence electrons. The summed E-state index contributed by atoms with van der Waals surface area (Å²) in [6.07, 6.45) is 18.7. The summed E-state index contributed by atoms with van der Waals surface area (Å²) in [5, 5.41) is 0. The van der Waals surface area contributed by atoms with E-state index in [-0.39, 0.29) is 12.4 Å². The van der Waals surface area contributed by atoms with E-state index in [0.717, 1.165) is 56.4 Å². The maximum Gasteiger partial charge on any atom is 0.350 e. The number of unbranched alkanes of at least 4 members (excludes halogenated alkanes) is 10. The molecule has 1 saturated carbocycles. The van der Waals surface area contributed by atoms with Gasteiger partial charge in [-0.2, -0.15) is 0 Å². The molecule has 0 N–H and O–H groups in total. The maximum absolute atomic E-state index is 13.1.